The lowest BCUT2D eigenvalue weighted by Gasteiger charge is -2.61. The van der Waals surface area contributed by atoms with E-state index in [1.807, 2.05) is 0 Å². The Morgan fingerprint density at radius 3 is 2.54 bits per heavy atom. The third-order valence-corrected chi connectivity index (χ3v) is 12.9. The van der Waals surface area contributed by atoms with E-state index in [1.165, 1.54) is 71.3 Å². The van der Waals surface area contributed by atoms with E-state index in [2.05, 4.69) is 38.3 Å². The zero-order valence-electron chi connectivity index (χ0n) is 22.9. The van der Waals surface area contributed by atoms with Crippen molar-refractivity contribution in [3.8, 4) is 0 Å². The zero-order chi connectivity index (χ0) is 24.6. The van der Waals surface area contributed by atoms with Crippen molar-refractivity contribution in [3.05, 3.63) is 0 Å². The Balaban J connectivity index is 1.16. The lowest BCUT2D eigenvalue weighted by Crippen LogP contribution is -2.58. The van der Waals surface area contributed by atoms with Gasteiger partial charge in [-0.05, 0) is 111 Å². The van der Waals surface area contributed by atoms with Crippen LogP contribution in [0.5, 0.6) is 0 Å². The summed E-state index contributed by atoms with van der Waals surface area (Å²) in [5.41, 5.74) is 0.869. The summed E-state index contributed by atoms with van der Waals surface area (Å²) in [7, 11) is 1.48. The van der Waals surface area contributed by atoms with Crippen LogP contribution < -0.4 is 10.6 Å². The number of piperidine rings is 1. The molecular formula is C30H50N2O3. The molecule has 1 unspecified atom stereocenters. The smallest absolute Gasteiger partial charge is 0.319 e. The normalized spacial score (nSPS) is 55.1. The van der Waals surface area contributed by atoms with Gasteiger partial charge in [-0.15, -0.1) is 0 Å². The number of hydrogen-bond donors (Lipinski definition) is 2. The van der Waals surface area contributed by atoms with Gasteiger partial charge in [-0.1, -0.05) is 27.7 Å². The third kappa shape index (κ3) is 3.68. The molecule has 4 saturated carbocycles. The summed E-state index contributed by atoms with van der Waals surface area (Å²) in [5, 5.41) is 7.41. The summed E-state index contributed by atoms with van der Waals surface area (Å²) >= 11 is 0. The maximum absolute atomic E-state index is 11.6. The van der Waals surface area contributed by atoms with Crippen molar-refractivity contribution >= 4 is 5.97 Å². The minimum Gasteiger partial charge on any atom is -0.468 e. The summed E-state index contributed by atoms with van der Waals surface area (Å²) in [6, 6.07) is 0.472. The number of carbonyl (C=O) groups excluding carboxylic acids is 1. The van der Waals surface area contributed by atoms with Gasteiger partial charge in [0.2, 0.25) is 0 Å². The molecule has 1 spiro atoms. The molecule has 2 N–H and O–H groups in total. The van der Waals surface area contributed by atoms with Gasteiger partial charge in [0.05, 0.1) is 19.8 Å². The van der Waals surface area contributed by atoms with Crippen LogP contribution in [0.25, 0.3) is 0 Å². The Morgan fingerprint density at radius 2 is 1.80 bits per heavy atom. The fraction of sp³-hybridized carbons (Fsp3) is 0.967. The van der Waals surface area contributed by atoms with Gasteiger partial charge >= 0.3 is 5.97 Å². The molecule has 5 nitrogen and oxygen atoms in total. The third-order valence-electron chi connectivity index (χ3n) is 12.9. The van der Waals surface area contributed by atoms with Crippen molar-refractivity contribution in [2.75, 3.05) is 20.2 Å². The highest BCUT2D eigenvalue weighted by Crippen LogP contribution is 2.71. The monoisotopic (exact) mass is 486 g/mol. The Morgan fingerprint density at radius 1 is 1.00 bits per heavy atom. The molecule has 35 heavy (non-hydrogen) atoms. The molecule has 0 radical (unpaired) electrons. The van der Waals surface area contributed by atoms with Crippen molar-refractivity contribution in [2.24, 2.45) is 52.3 Å². The fourth-order valence-electron chi connectivity index (χ4n) is 10.9. The molecule has 2 aliphatic heterocycles. The summed E-state index contributed by atoms with van der Waals surface area (Å²) in [4.78, 5) is 11.6. The largest absolute Gasteiger partial charge is 0.468 e. The first-order chi connectivity index (χ1) is 16.7. The average Bonchev–Trinajstić information content (AvgIpc) is 3.29. The minimum atomic E-state index is -0.142. The Hall–Kier alpha value is -0.650. The standard InChI is InChI=1S/C30H50N2O3/c1-18-8-13-30(32-16-18)19(2)27-25(35-30)15-24-22-7-6-20-14-21(31-17-26(33)34-5)9-11-28(20,3)23(22)10-12-29(24,27)4/h18-25,27,31-32H,6-17H2,1-5H3/t18-,19-,20-,21?,22+,23-,24-,25-,27-,28-,29-,30-/m0/s1. The van der Waals surface area contributed by atoms with Crippen molar-refractivity contribution in [1.82, 2.24) is 10.6 Å². The first-order valence-electron chi connectivity index (χ1n) is 14.9. The van der Waals surface area contributed by atoms with Gasteiger partial charge in [-0.2, -0.15) is 0 Å². The van der Waals surface area contributed by atoms with Gasteiger partial charge in [0, 0.05) is 18.5 Å². The van der Waals surface area contributed by atoms with Gasteiger partial charge in [0.15, 0.2) is 0 Å². The Kier molecular flexibility index (Phi) is 6.13. The van der Waals surface area contributed by atoms with E-state index < -0.39 is 0 Å². The molecule has 198 valence electrons. The molecule has 2 heterocycles. The van der Waals surface area contributed by atoms with Crippen LogP contribution in [0, 0.1) is 52.3 Å². The number of fused-ring (bicyclic) bond motifs is 7. The van der Waals surface area contributed by atoms with Crippen LogP contribution in [0.4, 0.5) is 0 Å². The first-order valence-corrected chi connectivity index (χ1v) is 14.9. The maximum atomic E-state index is 11.6. The molecular weight excluding hydrogens is 436 g/mol. The Labute approximate surface area is 213 Å². The molecule has 0 aromatic rings. The molecule has 6 aliphatic rings. The predicted molar refractivity (Wildman–Crippen MR) is 138 cm³/mol. The van der Waals surface area contributed by atoms with Gasteiger partial charge in [0.25, 0.3) is 0 Å². The zero-order valence-corrected chi connectivity index (χ0v) is 22.9. The van der Waals surface area contributed by atoms with E-state index in [0.717, 1.165) is 42.1 Å². The summed E-state index contributed by atoms with van der Waals surface area (Å²) in [6.45, 7) is 11.7. The van der Waals surface area contributed by atoms with Crippen molar-refractivity contribution in [1.29, 1.82) is 0 Å². The number of hydrogen-bond acceptors (Lipinski definition) is 5. The first kappa shape index (κ1) is 24.7. The van der Waals surface area contributed by atoms with Gasteiger partial charge in [-0.25, -0.2) is 0 Å². The van der Waals surface area contributed by atoms with Crippen LogP contribution >= 0.6 is 0 Å². The molecule has 5 heteroatoms. The van der Waals surface area contributed by atoms with Gasteiger partial charge in [-0.3, -0.25) is 10.1 Å². The topological polar surface area (TPSA) is 59.6 Å². The van der Waals surface area contributed by atoms with Crippen LogP contribution in [-0.2, 0) is 14.3 Å². The van der Waals surface area contributed by atoms with Crippen LogP contribution in [0.15, 0.2) is 0 Å². The van der Waals surface area contributed by atoms with E-state index in [1.54, 1.807) is 0 Å². The quantitative estimate of drug-likeness (QED) is 0.541. The summed E-state index contributed by atoms with van der Waals surface area (Å²) < 4.78 is 11.9. The Bertz CT molecular complexity index is 824. The lowest BCUT2D eigenvalue weighted by atomic mass is 9.44. The van der Waals surface area contributed by atoms with Gasteiger partial charge in [0.1, 0.15) is 5.72 Å². The predicted octanol–water partition coefficient (Wildman–Crippen LogP) is 5.14. The van der Waals surface area contributed by atoms with Gasteiger partial charge < -0.3 is 14.8 Å². The number of carbonyl (C=O) groups is 1. The molecule has 6 fully saturated rings. The van der Waals surface area contributed by atoms with Crippen LogP contribution in [0.2, 0.25) is 0 Å². The maximum Gasteiger partial charge on any atom is 0.319 e. The second-order valence-corrected chi connectivity index (χ2v) is 14.3. The van der Waals surface area contributed by atoms with Crippen LogP contribution in [0.3, 0.4) is 0 Å². The van der Waals surface area contributed by atoms with E-state index in [-0.39, 0.29) is 11.7 Å². The molecule has 2 saturated heterocycles. The molecule has 0 aromatic heterocycles. The summed E-state index contributed by atoms with van der Waals surface area (Å²) in [6.07, 6.45) is 13.6. The van der Waals surface area contributed by atoms with E-state index in [0.29, 0.717) is 35.4 Å². The second-order valence-electron chi connectivity index (χ2n) is 14.3. The lowest BCUT2D eigenvalue weighted by molar-refractivity contribution is -0.141. The van der Waals surface area contributed by atoms with Crippen LogP contribution in [-0.4, -0.2) is 44.0 Å². The number of rotatable bonds is 3. The number of ether oxygens (including phenoxy) is 2. The van der Waals surface area contributed by atoms with Crippen molar-refractivity contribution < 1.29 is 14.3 Å². The highest BCUT2D eigenvalue weighted by atomic mass is 16.5. The van der Waals surface area contributed by atoms with E-state index in [4.69, 9.17) is 9.47 Å². The van der Waals surface area contributed by atoms with E-state index >= 15 is 0 Å². The molecule has 12 atom stereocenters. The van der Waals surface area contributed by atoms with Crippen LogP contribution in [0.1, 0.15) is 91.9 Å². The molecule has 4 aliphatic carbocycles. The molecule has 0 aromatic carbocycles. The highest BCUT2D eigenvalue weighted by molar-refractivity contribution is 5.71. The fourth-order valence-corrected chi connectivity index (χ4v) is 10.9. The highest BCUT2D eigenvalue weighted by Gasteiger charge is 2.68. The van der Waals surface area contributed by atoms with E-state index in [9.17, 15) is 4.79 Å². The summed E-state index contributed by atoms with van der Waals surface area (Å²) in [5.74, 6) is 5.36. The minimum absolute atomic E-state index is 0.0497. The van der Waals surface area contributed by atoms with Crippen molar-refractivity contribution in [3.63, 3.8) is 0 Å². The second kappa shape index (κ2) is 8.70. The molecule has 6 rings (SSSR count). The number of methoxy groups -OCH3 is 1. The molecule has 0 bridgehead atoms. The van der Waals surface area contributed by atoms with Crippen molar-refractivity contribution in [2.45, 2.75) is 110 Å². The number of esters is 1. The average molecular weight is 487 g/mol. The molecule has 0 amide bonds. The SMILES string of the molecule is COC(=O)CNC1CC[C@@]2(C)[C@@H](CC[C@@H]3[C@@H]2CC[C@]2(C)[C@@H]4[C@H](C[C@@H]32)O[C@@]2(CC[C@H](C)CN2)[C@H]4C)C1. The number of nitrogens with one attached hydrogen (secondary N) is 2.